The monoisotopic (exact) mass is 455 g/mol. The third kappa shape index (κ3) is 5.45. The minimum absolute atomic E-state index is 0.0744. The summed E-state index contributed by atoms with van der Waals surface area (Å²) >= 11 is 0. The van der Waals surface area contributed by atoms with Crippen LogP contribution in [0.5, 0.6) is 23.0 Å². The molecule has 2 heterocycles. The van der Waals surface area contributed by atoms with Crippen molar-refractivity contribution in [1.29, 1.82) is 0 Å². The average Bonchev–Trinajstić information content (AvgIpc) is 2.85. The van der Waals surface area contributed by atoms with Gasteiger partial charge in [-0.1, -0.05) is 6.07 Å². The van der Waals surface area contributed by atoms with Gasteiger partial charge in [0.05, 0.1) is 27.9 Å². The Morgan fingerprint density at radius 2 is 1.64 bits per heavy atom. The van der Waals surface area contributed by atoms with Crippen LogP contribution in [0, 0.1) is 0 Å². The zero-order chi connectivity index (χ0) is 23.2. The number of ether oxygens (including phenoxy) is 4. The molecule has 8 heteroatoms. The van der Waals surface area contributed by atoms with Crippen molar-refractivity contribution in [2.24, 2.45) is 0 Å². The van der Waals surface area contributed by atoms with Crippen LogP contribution in [0.4, 0.5) is 11.4 Å². The molecule has 1 N–H and O–H groups in total. The summed E-state index contributed by atoms with van der Waals surface area (Å²) < 4.78 is 22.3. The Balaban J connectivity index is 1.23. The van der Waals surface area contributed by atoms with Crippen LogP contribution in [0.2, 0.25) is 0 Å². The lowest BCUT2D eigenvalue weighted by Crippen LogP contribution is -2.46. The molecular weight excluding hydrogens is 422 g/mol. The van der Waals surface area contributed by atoms with E-state index in [4.69, 9.17) is 18.9 Å². The summed E-state index contributed by atoms with van der Waals surface area (Å²) in [5.41, 5.74) is 3.13. The minimum atomic E-state index is 0.0744. The average molecular weight is 456 g/mol. The van der Waals surface area contributed by atoms with Gasteiger partial charge in [0.15, 0.2) is 11.5 Å². The Morgan fingerprint density at radius 3 is 2.30 bits per heavy atom. The molecule has 1 amide bonds. The normalized spacial score (nSPS) is 16.1. The van der Waals surface area contributed by atoms with Crippen molar-refractivity contribution in [1.82, 2.24) is 4.90 Å². The highest BCUT2D eigenvalue weighted by Crippen LogP contribution is 2.41. The second-order valence-electron chi connectivity index (χ2n) is 8.28. The Labute approximate surface area is 195 Å². The molecule has 1 fully saturated rings. The van der Waals surface area contributed by atoms with Gasteiger partial charge >= 0.3 is 0 Å². The first kappa shape index (κ1) is 23.0. The van der Waals surface area contributed by atoms with E-state index < -0.39 is 0 Å². The first-order chi connectivity index (χ1) is 16.1. The predicted molar refractivity (Wildman–Crippen MR) is 128 cm³/mol. The van der Waals surface area contributed by atoms with Crippen LogP contribution in [-0.2, 0) is 11.2 Å². The smallest absolute Gasteiger partial charge is 0.224 e. The number of amides is 1. The van der Waals surface area contributed by atoms with Crippen LogP contribution in [0.1, 0.15) is 18.4 Å². The summed E-state index contributed by atoms with van der Waals surface area (Å²) in [5, 5.41) is 2.93. The molecule has 0 unspecified atom stereocenters. The molecule has 0 atom stereocenters. The van der Waals surface area contributed by atoms with Gasteiger partial charge in [-0.25, -0.2) is 0 Å². The lowest BCUT2D eigenvalue weighted by molar-refractivity contribution is -0.116. The van der Waals surface area contributed by atoms with E-state index in [1.165, 1.54) is 5.56 Å². The first-order valence-corrected chi connectivity index (χ1v) is 11.4. The number of carbonyl (C=O) groups is 1. The third-order valence-corrected chi connectivity index (χ3v) is 6.25. The molecule has 2 aromatic rings. The van der Waals surface area contributed by atoms with Crippen molar-refractivity contribution < 1.29 is 23.7 Å². The lowest BCUT2D eigenvalue weighted by Gasteiger charge is -2.36. The number of fused-ring (bicyclic) bond motifs is 1. The van der Waals surface area contributed by atoms with Crippen molar-refractivity contribution in [3.63, 3.8) is 0 Å². The summed E-state index contributed by atoms with van der Waals surface area (Å²) in [4.78, 5) is 16.4. The van der Waals surface area contributed by atoms with Gasteiger partial charge in [0.1, 0.15) is 5.75 Å². The molecule has 0 bridgehead atoms. The predicted octanol–water partition coefficient (Wildman–Crippen LogP) is 3.19. The number of carbonyl (C=O) groups excluding carboxylic acids is 1. The Bertz CT molecular complexity index is 948. The zero-order valence-electron chi connectivity index (χ0n) is 19.7. The van der Waals surface area contributed by atoms with Gasteiger partial charge < -0.3 is 29.2 Å². The number of piperazine rings is 1. The Kier molecular flexibility index (Phi) is 7.44. The molecule has 0 radical (unpaired) electrons. The summed E-state index contributed by atoms with van der Waals surface area (Å²) in [7, 11) is 4.90. The Hall–Kier alpha value is -3.13. The van der Waals surface area contributed by atoms with Gasteiger partial charge in [-0.2, -0.15) is 0 Å². The minimum Gasteiger partial charge on any atom is -0.493 e. The topological polar surface area (TPSA) is 72.5 Å². The zero-order valence-corrected chi connectivity index (χ0v) is 19.7. The first-order valence-electron chi connectivity index (χ1n) is 11.4. The molecule has 0 spiro atoms. The summed E-state index contributed by atoms with van der Waals surface area (Å²) in [6, 6.07) is 9.99. The highest BCUT2D eigenvalue weighted by Gasteiger charge is 2.21. The van der Waals surface area contributed by atoms with Gasteiger partial charge in [0.2, 0.25) is 11.7 Å². The molecule has 2 aliphatic rings. The van der Waals surface area contributed by atoms with E-state index in [1.807, 2.05) is 30.3 Å². The van der Waals surface area contributed by atoms with Crippen molar-refractivity contribution in [2.75, 3.05) is 70.9 Å². The molecule has 2 aromatic carbocycles. The van der Waals surface area contributed by atoms with Crippen LogP contribution in [0.15, 0.2) is 30.3 Å². The number of methoxy groups -OCH3 is 3. The van der Waals surface area contributed by atoms with Gasteiger partial charge in [-0.15, -0.1) is 0 Å². The number of aryl methyl sites for hydroxylation is 1. The van der Waals surface area contributed by atoms with Gasteiger partial charge in [0.25, 0.3) is 0 Å². The maximum atomic E-state index is 11.6. The number of anilines is 2. The second-order valence-corrected chi connectivity index (χ2v) is 8.28. The van der Waals surface area contributed by atoms with Crippen molar-refractivity contribution in [3.8, 4) is 23.0 Å². The van der Waals surface area contributed by atoms with E-state index in [-0.39, 0.29) is 5.91 Å². The van der Waals surface area contributed by atoms with Crippen LogP contribution < -0.4 is 29.2 Å². The van der Waals surface area contributed by atoms with Crippen molar-refractivity contribution >= 4 is 17.3 Å². The molecule has 1 saturated heterocycles. The summed E-state index contributed by atoms with van der Waals surface area (Å²) in [6.45, 7) is 5.49. The highest BCUT2D eigenvalue weighted by molar-refractivity contribution is 5.94. The number of nitrogens with one attached hydrogen (secondary N) is 1. The van der Waals surface area contributed by atoms with E-state index in [9.17, 15) is 4.79 Å². The van der Waals surface area contributed by atoms with E-state index in [2.05, 4.69) is 15.1 Å². The van der Waals surface area contributed by atoms with Crippen molar-refractivity contribution in [3.05, 3.63) is 35.9 Å². The van der Waals surface area contributed by atoms with Gasteiger partial charge in [-0.05, 0) is 24.5 Å². The maximum Gasteiger partial charge on any atom is 0.224 e. The number of benzene rings is 2. The van der Waals surface area contributed by atoms with E-state index in [0.717, 1.165) is 62.7 Å². The molecule has 0 aliphatic carbocycles. The summed E-state index contributed by atoms with van der Waals surface area (Å²) in [5.74, 6) is 2.85. The number of nitrogens with zero attached hydrogens (tertiary/aromatic N) is 2. The van der Waals surface area contributed by atoms with Crippen LogP contribution >= 0.6 is 0 Å². The quantitative estimate of drug-likeness (QED) is 0.582. The molecule has 33 heavy (non-hydrogen) atoms. The van der Waals surface area contributed by atoms with E-state index >= 15 is 0 Å². The Morgan fingerprint density at radius 1 is 0.909 bits per heavy atom. The number of hydrogen-bond acceptors (Lipinski definition) is 7. The SMILES string of the molecule is COc1cc(N2CCN(CCCOc3ccc4c(c3)NC(=O)CC4)CC2)cc(OC)c1OC. The van der Waals surface area contributed by atoms with Gasteiger partial charge in [0, 0.05) is 68.7 Å². The van der Waals surface area contributed by atoms with Crippen molar-refractivity contribution in [2.45, 2.75) is 19.3 Å². The fourth-order valence-corrected chi connectivity index (χ4v) is 4.40. The standard InChI is InChI=1S/C25H33N3O5/c1-30-22-15-19(16-23(31-2)25(22)32-3)28-12-10-27(11-13-28)9-4-14-33-20-7-5-18-6-8-24(29)26-21(18)17-20/h5,7,15-17H,4,6,8-14H2,1-3H3,(H,26,29). The van der Waals surface area contributed by atoms with Crippen LogP contribution in [0.3, 0.4) is 0 Å². The highest BCUT2D eigenvalue weighted by atomic mass is 16.5. The van der Waals surface area contributed by atoms with E-state index in [0.29, 0.717) is 30.3 Å². The molecule has 4 rings (SSSR count). The largest absolute Gasteiger partial charge is 0.493 e. The third-order valence-electron chi connectivity index (χ3n) is 6.25. The van der Waals surface area contributed by atoms with E-state index in [1.54, 1.807) is 21.3 Å². The number of rotatable bonds is 9. The maximum absolute atomic E-state index is 11.6. The van der Waals surface area contributed by atoms with Crippen LogP contribution in [-0.4, -0.2) is 71.5 Å². The molecule has 2 aliphatic heterocycles. The fourth-order valence-electron chi connectivity index (χ4n) is 4.40. The lowest BCUT2D eigenvalue weighted by atomic mass is 10.0. The molecule has 178 valence electrons. The molecule has 8 nitrogen and oxygen atoms in total. The number of hydrogen-bond donors (Lipinski definition) is 1. The molecule has 0 aromatic heterocycles. The van der Waals surface area contributed by atoms with Crippen LogP contribution in [0.25, 0.3) is 0 Å². The summed E-state index contributed by atoms with van der Waals surface area (Å²) in [6.07, 6.45) is 2.30. The molecule has 0 saturated carbocycles. The fraction of sp³-hybridized carbons (Fsp3) is 0.480. The second kappa shape index (κ2) is 10.7. The molecular formula is C25H33N3O5. The van der Waals surface area contributed by atoms with Gasteiger partial charge in [-0.3, -0.25) is 9.69 Å².